The third-order valence-corrected chi connectivity index (χ3v) is 4.16. The molecule has 18 heavy (non-hydrogen) atoms. The van der Waals surface area contributed by atoms with Crippen LogP contribution < -0.4 is 10.6 Å². The number of carbonyl (C=O) groups is 1. The van der Waals surface area contributed by atoms with Crippen LogP contribution in [0.2, 0.25) is 0 Å². The first kappa shape index (κ1) is 13.8. The molecule has 0 radical (unpaired) electrons. The summed E-state index contributed by atoms with van der Waals surface area (Å²) >= 11 is 0. The van der Waals surface area contributed by atoms with Crippen LogP contribution in [0.4, 0.5) is 0 Å². The minimum absolute atomic E-state index is 0.0331. The lowest BCUT2D eigenvalue weighted by molar-refractivity contribution is -0.125. The maximum atomic E-state index is 12.0. The molecule has 0 aliphatic carbocycles. The van der Waals surface area contributed by atoms with Crippen molar-refractivity contribution in [1.82, 2.24) is 15.5 Å². The van der Waals surface area contributed by atoms with Gasteiger partial charge in [-0.15, -0.1) is 0 Å². The molecular formula is C13H25N3O2. The van der Waals surface area contributed by atoms with Crippen molar-refractivity contribution in [2.24, 2.45) is 5.92 Å². The van der Waals surface area contributed by atoms with E-state index in [0.29, 0.717) is 19.2 Å². The smallest absolute Gasteiger partial charge is 0.237 e. The summed E-state index contributed by atoms with van der Waals surface area (Å²) in [5.41, 5.74) is 0. The number of methoxy groups -OCH3 is 1. The summed E-state index contributed by atoms with van der Waals surface area (Å²) in [6, 6.07) is 0.558. The number of rotatable bonds is 5. The fraction of sp³-hybridized carbons (Fsp3) is 0.923. The Labute approximate surface area is 109 Å². The van der Waals surface area contributed by atoms with Crippen molar-refractivity contribution in [2.75, 3.05) is 39.9 Å². The van der Waals surface area contributed by atoms with Crippen molar-refractivity contribution >= 4 is 5.91 Å². The van der Waals surface area contributed by atoms with Crippen LogP contribution in [0.25, 0.3) is 0 Å². The minimum atomic E-state index is -0.0331. The van der Waals surface area contributed by atoms with Gasteiger partial charge in [0.05, 0.1) is 12.6 Å². The Morgan fingerprint density at radius 2 is 2.39 bits per heavy atom. The molecule has 2 N–H and O–H groups in total. The summed E-state index contributed by atoms with van der Waals surface area (Å²) in [4.78, 5) is 14.3. The number of nitrogens with zero attached hydrogens (tertiary/aromatic N) is 1. The molecule has 0 saturated carbocycles. The topological polar surface area (TPSA) is 53.6 Å². The molecule has 2 heterocycles. The molecule has 2 fully saturated rings. The number of carbonyl (C=O) groups excluding carboxylic acids is 1. The van der Waals surface area contributed by atoms with Crippen LogP contribution in [0.1, 0.15) is 19.8 Å². The molecule has 0 aromatic rings. The van der Waals surface area contributed by atoms with Crippen molar-refractivity contribution in [3.05, 3.63) is 0 Å². The first-order chi connectivity index (χ1) is 8.72. The van der Waals surface area contributed by atoms with Gasteiger partial charge < -0.3 is 15.4 Å². The quantitative estimate of drug-likeness (QED) is 0.669. The van der Waals surface area contributed by atoms with Crippen molar-refractivity contribution < 1.29 is 9.53 Å². The van der Waals surface area contributed by atoms with Crippen LogP contribution in [0, 0.1) is 5.92 Å². The molecule has 3 unspecified atom stereocenters. The van der Waals surface area contributed by atoms with Crippen molar-refractivity contribution in [3.8, 4) is 0 Å². The highest BCUT2D eigenvalue weighted by molar-refractivity contribution is 5.81. The van der Waals surface area contributed by atoms with E-state index in [9.17, 15) is 4.79 Å². The lowest BCUT2D eigenvalue weighted by Gasteiger charge is -2.25. The second kappa shape index (κ2) is 6.50. The zero-order chi connectivity index (χ0) is 13.0. The maximum Gasteiger partial charge on any atom is 0.237 e. The predicted octanol–water partition coefficient (Wildman–Crippen LogP) is -0.179. The largest absolute Gasteiger partial charge is 0.383 e. The fourth-order valence-electron chi connectivity index (χ4n) is 2.99. The van der Waals surface area contributed by atoms with Gasteiger partial charge in [0.2, 0.25) is 5.91 Å². The standard InChI is InChI=1S/C13H25N3O2/c1-10(13(17)15-6-7-18-2)16-8-11-4-3-5-14-12(11)9-16/h10-12,14H,3-9H2,1-2H3,(H,15,17). The molecule has 5 nitrogen and oxygen atoms in total. The van der Waals surface area contributed by atoms with Crippen molar-refractivity contribution in [3.63, 3.8) is 0 Å². The van der Waals surface area contributed by atoms with Gasteiger partial charge in [0, 0.05) is 32.8 Å². The lowest BCUT2D eigenvalue weighted by Crippen LogP contribution is -2.46. The van der Waals surface area contributed by atoms with Crippen LogP contribution in [0.3, 0.4) is 0 Å². The molecule has 1 amide bonds. The summed E-state index contributed by atoms with van der Waals surface area (Å²) in [6.45, 7) is 6.35. The number of nitrogens with one attached hydrogen (secondary N) is 2. The van der Waals surface area contributed by atoms with E-state index in [-0.39, 0.29) is 11.9 Å². The van der Waals surface area contributed by atoms with Crippen molar-refractivity contribution in [1.29, 1.82) is 0 Å². The van der Waals surface area contributed by atoms with Gasteiger partial charge in [0.15, 0.2) is 0 Å². The Balaban J connectivity index is 1.78. The average molecular weight is 255 g/mol. The molecule has 2 rings (SSSR count). The number of amides is 1. The van der Waals surface area contributed by atoms with Crippen LogP contribution in [-0.4, -0.2) is 62.8 Å². The molecular weight excluding hydrogens is 230 g/mol. The SMILES string of the molecule is COCCNC(=O)C(C)N1CC2CCCNC2C1. The summed E-state index contributed by atoms with van der Waals surface area (Å²) in [7, 11) is 1.65. The zero-order valence-electron chi connectivity index (χ0n) is 11.4. The lowest BCUT2D eigenvalue weighted by atomic mass is 9.94. The minimum Gasteiger partial charge on any atom is -0.383 e. The van der Waals surface area contributed by atoms with Gasteiger partial charge in [-0.05, 0) is 32.2 Å². The van der Waals surface area contributed by atoms with Crippen molar-refractivity contribution in [2.45, 2.75) is 31.8 Å². The molecule has 2 aliphatic heterocycles. The van der Waals surface area contributed by atoms with E-state index in [1.165, 1.54) is 12.8 Å². The summed E-state index contributed by atoms with van der Waals surface area (Å²) in [5.74, 6) is 0.846. The fourth-order valence-corrected chi connectivity index (χ4v) is 2.99. The molecule has 0 aromatic heterocycles. The molecule has 0 aromatic carbocycles. The Morgan fingerprint density at radius 1 is 1.56 bits per heavy atom. The summed E-state index contributed by atoms with van der Waals surface area (Å²) in [6.07, 6.45) is 2.57. The molecule has 3 atom stereocenters. The van der Waals surface area contributed by atoms with Crippen LogP contribution in [0.5, 0.6) is 0 Å². The Hall–Kier alpha value is -0.650. The molecule has 2 saturated heterocycles. The van der Waals surface area contributed by atoms with E-state index in [0.717, 1.165) is 25.6 Å². The highest BCUT2D eigenvalue weighted by Crippen LogP contribution is 2.26. The van der Waals surface area contributed by atoms with Crippen LogP contribution in [-0.2, 0) is 9.53 Å². The third-order valence-electron chi connectivity index (χ3n) is 4.16. The number of likely N-dealkylation sites (tertiary alicyclic amines) is 1. The second-order valence-corrected chi connectivity index (χ2v) is 5.38. The molecule has 0 spiro atoms. The van der Waals surface area contributed by atoms with Gasteiger partial charge in [-0.3, -0.25) is 9.69 Å². The Morgan fingerprint density at radius 3 is 3.11 bits per heavy atom. The molecule has 104 valence electrons. The van der Waals surface area contributed by atoms with Gasteiger partial charge in [-0.1, -0.05) is 0 Å². The number of ether oxygens (including phenoxy) is 1. The second-order valence-electron chi connectivity index (χ2n) is 5.38. The van der Waals surface area contributed by atoms with E-state index in [1.54, 1.807) is 7.11 Å². The Bertz CT molecular complexity index is 271. The van der Waals surface area contributed by atoms with Gasteiger partial charge >= 0.3 is 0 Å². The predicted molar refractivity (Wildman–Crippen MR) is 70.4 cm³/mol. The van der Waals surface area contributed by atoms with E-state index >= 15 is 0 Å². The van der Waals surface area contributed by atoms with Gasteiger partial charge in [0.25, 0.3) is 0 Å². The average Bonchev–Trinajstić information content (AvgIpc) is 2.81. The highest BCUT2D eigenvalue weighted by Gasteiger charge is 2.37. The molecule has 5 heteroatoms. The summed E-state index contributed by atoms with van der Waals surface area (Å²) in [5, 5.41) is 6.48. The number of piperidine rings is 1. The van der Waals surface area contributed by atoms with E-state index < -0.39 is 0 Å². The Kier molecular flexibility index (Phi) is 4.97. The highest BCUT2D eigenvalue weighted by atomic mass is 16.5. The van der Waals surface area contributed by atoms with Gasteiger partial charge in [0.1, 0.15) is 0 Å². The summed E-state index contributed by atoms with van der Waals surface area (Å²) < 4.78 is 4.94. The van der Waals surface area contributed by atoms with E-state index in [1.807, 2.05) is 6.92 Å². The third kappa shape index (κ3) is 3.22. The monoisotopic (exact) mass is 255 g/mol. The molecule has 2 aliphatic rings. The van der Waals surface area contributed by atoms with Crippen LogP contribution in [0.15, 0.2) is 0 Å². The maximum absolute atomic E-state index is 12.0. The van der Waals surface area contributed by atoms with Gasteiger partial charge in [-0.2, -0.15) is 0 Å². The first-order valence-electron chi connectivity index (χ1n) is 6.96. The number of hydrogen-bond acceptors (Lipinski definition) is 4. The zero-order valence-corrected chi connectivity index (χ0v) is 11.4. The number of hydrogen-bond donors (Lipinski definition) is 2. The van der Waals surface area contributed by atoms with E-state index in [2.05, 4.69) is 15.5 Å². The number of fused-ring (bicyclic) bond motifs is 1. The van der Waals surface area contributed by atoms with E-state index in [4.69, 9.17) is 4.74 Å². The first-order valence-corrected chi connectivity index (χ1v) is 6.96. The van der Waals surface area contributed by atoms with Crippen LogP contribution >= 0.6 is 0 Å². The normalized spacial score (nSPS) is 29.9. The van der Waals surface area contributed by atoms with Gasteiger partial charge in [-0.25, -0.2) is 0 Å². The molecule has 0 bridgehead atoms.